The van der Waals surface area contributed by atoms with Crippen LogP contribution in [0.25, 0.3) is 0 Å². The van der Waals surface area contributed by atoms with Gasteiger partial charge >= 0.3 is 6.09 Å². The number of hydrogen-bond acceptors (Lipinski definition) is 3. The average molecular weight is 283 g/mol. The summed E-state index contributed by atoms with van der Waals surface area (Å²) in [6.45, 7) is 7.18. The van der Waals surface area contributed by atoms with E-state index in [0.29, 0.717) is 10.7 Å². The van der Waals surface area contributed by atoms with Crippen LogP contribution in [0.3, 0.4) is 0 Å². The van der Waals surface area contributed by atoms with Gasteiger partial charge in [0.2, 0.25) is 0 Å². The molecule has 2 rings (SSSR count). The second kappa shape index (κ2) is 5.39. The molecule has 0 spiro atoms. The molecule has 1 amide bonds. The lowest BCUT2D eigenvalue weighted by Crippen LogP contribution is -2.29. The molecule has 0 unspecified atom stereocenters. The van der Waals surface area contributed by atoms with E-state index in [2.05, 4.69) is 10.6 Å². The van der Waals surface area contributed by atoms with Crippen LogP contribution in [0.2, 0.25) is 5.02 Å². The highest BCUT2D eigenvalue weighted by molar-refractivity contribution is 6.33. The fourth-order valence-electron chi connectivity index (χ4n) is 2.09. The Morgan fingerprint density at radius 3 is 2.84 bits per heavy atom. The molecule has 0 atom stereocenters. The van der Waals surface area contributed by atoms with Crippen molar-refractivity contribution in [2.45, 2.75) is 39.3 Å². The molecule has 1 aliphatic rings. The van der Waals surface area contributed by atoms with Gasteiger partial charge in [-0.3, -0.25) is 5.32 Å². The molecule has 19 heavy (non-hydrogen) atoms. The molecule has 1 aromatic carbocycles. The highest BCUT2D eigenvalue weighted by atomic mass is 35.5. The Bertz CT molecular complexity index is 495. The maximum absolute atomic E-state index is 11.9. The van der Waals surface area contributed by atoms with Gasteiger partial charge in [-0.15, -0.1) is 0 Å². The van der Waals surface area contributed by atoms with Crippen LogP contribution in [0.4, 0.5) is 10.5 Å². The summed E-state index contributed by atoms with van der Waals surface area (Å²) < 4.78 is 5.26. The molecular formula is C14H19ClN2O2. The number of anilines is 1. The summed E-state index contributed by atoms with van der Waals surface area (Å²) in [7, 11) is 0. The fraction of sp³-hybridized carbons (Fsp3) is 0.500. The molecule has 0 saturated carbocycles. The van der Waals surface area contributed by atoms with Crippen molar-refractivity contribution in [1.29, 1.82) is 0 Å². The number of rotatable bonds is 1. The molecule has 2 N–H and O–H groups in total. The number of benzene rings is 1. The molecule has 0 aromatic heterocycles. The van der Waals surface area contributed by atoms with Crippen molar-refractivity contribution in [2.75, 3.05) is 11.9 Å². The minimum absolute atomic E-state index is 0.471. The molecule has 0 bridgehead atoms. The normalized spacial score (nSPS) is 14.7. The van der Waals surface area contributed by atoms with Gasteiger partial charge < -0.3 is 10.1 Å². The largest absolute Gasteiger partial charge is 0.444 e. The summed E-state index contributed by atoms with van der Waals surface area (Å²) in [6, 6.07) is 3.80. The molecule has 4 nitrogen and oxygen atoms in total. The first-order chi connectivity index (χ1) is 8.87. The van der Waals surface area contributed by atoms with E-state index in [0.717, 1.165) is 25.1 Å². The van der Waals surface area contributed by atoms with Crippen molar-refractivity contribution in [3.8, 4) is 0 Å². The first-order valence-corrected chi connectivity index (χ1v) is 6.75. The van der Waals surface area contributed by atoms with Gasteiger partial charge in [0.05, 0.1) is 10.7 Å². The van der Waals surface area contributed by atoms with Crippen LogP contribution in [0, 0.1) is 0 Å². The van der Waals surface area contributed by atoms with Gasteiger partial charge in [0.1, 0.15) is 5.60 Å². The Morgan fingerprint density at radius 2 is 2.16 bits per heavy atom. The second-order valence-corrected chi connectivity index (χ2v) is 6.02. The van der Waals surface area contributed by atoms with Crippen LogP contribution in [-0.4, -0.2) is 18.2 Å². The summed E-state index contributed by atoms with van der Waals surface area (Å²) in [4.78, 5) is 11.9. The van der Waals surface area contributed by atoms with Gasteiger partial charge in [-0.1, -0.05) is 17.7 Å². The van der Waals surface area contributed by atoms with Crippen molar-refractivity contribution in [1.82, 2.24) is 5.32 Å². The van der Waals surface area contributed by atoms with E-state index in [-0.39, 0.29) is 0 Å². The van der Waals surface area contributed by atoms with Gasteiger partial charge in [0.25, 0.3) is 0 Å². The Labute approximate surface area is 118 Å². The first kappa shape index (κ1) is 14.2. The van der Waals surface area contributed by atoms with Gasteiger partial charge in [-0.25, -0.2) is 4.79 Å². The molecular weight excluding hydrogens is 264 g/mol. The first-order valence-electron chi connectivity index (χ1n) is 6.38. The molecule has 0 fully saturated rings. The van der Waals surface area contributed by atoms with Crippen molar-refractivity contribution < 1.29 is 9.53 Å². The zero-order valence-electron chi connectivity index (χ0n) is 11.5. The fourth-order valence-corrected chi connectivity index (χ4v) is 2.32. The highest BCUT2D eigenvalue weighted by Gasteiger charge is 2.20. The van der Waals surface area contributed by atoms with Crippen LogP contribution in [0.5, 0.6) is 0 Å². The quantitative estimate of drug-likeness (QED) is 0.831. The molecule has 0 radical (unpaired) electrons. The topological polar surface area (TPSA) is 50.4 Å². The van der Waals surface area contributed by atoms with E-state index in [4.69, 9.17) is 16.3 Å². The van der Waals surface area contributed by atoms with E-state index in [1.807, 2.05) is 26.8 Å². The van der Waals surface area contributed by atoms with Gasteiger partial charge in [0, 0.05) is 6.54 Å². The van der Waals surface area contributed by atoms with Gasteiger partial charge in [-0.2, -0.15) is 0 Å². The van der Waals surface area contributed by atoms with E-state index in [1.165, 1.54) is 5.56 Å². The van der Waals surface area contributed by atoms with Crippen LogP contribution in [-0.2, 0) is 17.7 Å². The average Bonchev–Trinajstić information content (AvgIpc) is 2.31. The predicted octanol–water partition coefficient (Wildman–Crippen LogP) is 3.33. The van der Waals surface area contributed by atoms with E-state index in [1.54, 1.807) is 6.07 Å². The summed E-state index contributed by atoms with van der Waals surface area (Å²) in [5.74, 6) is 0. The summed E-state index contributed by atoms with van der Waals surface area (Å²) >= 11 is 6.19. The summed E-state index contributed by atoms with van der Waals surface area (Å²) in [6.07, 6.45) is 0.377. The SMILES string of the molecule is CC(C)(C)OC(=O)Nc1c(Cl)ccc2c1CCNC2. The number of nitrogens with one attached hydrogen (secondary N) is 2. The third kappa shape index (κ3) is 3.61. The van der Waals surface area contributed by atoms with Crippen molar-refractivity contribution in [3.05, 3.63) is 28.3 Å². The van der Waals surface area contributed by atoms with Crippen LogP contribution in [0.1, 0.15) is 31.9 Å². The Hall–Kier alpha value is -1.26. The predicted molar refractivity (Wildman–Crippen MR) is 76.7 cm³/mol. The molecule has 0 aliphatic carbocycles. The van der Waals surface area contributed by atoms with Crippen molar-refractivity contribution in [3.63, 3.8) is 0 Å². The summed E-state index contributed by atoms with van der Waals surface area (Å²) in [5.41, 5.74) is 2.42. The molecule has 5 heteroatoms. The number of amides is 1. The lowest BCUT2D eigenvalue weighted by atomic mass is 9.99. The number of carbonyl (C=O) groups is 1. The number of hydrogen-bond donors (Lipinski definition) is 2. The lowest BCUT2D eigenvalue weighted by molar-refractivity contribution is 0.0636. The highest BCUT2D eigenvalue weighted by Crippen LogP contribution is 2.31. The van der Waals surface area contributed by atoms with Crippen LogP contribution >= 0.6 is 11.6 Å². The molecule has 1 heterocycles. The standard InChI is InChI=1S/C14H19ClN2O2/c1-14(2,3)19-13(18)17-12-10-6-7-16-8-9(10)4-5-11(12)15/h4-5,16H,6-8H2,1-3H3,(H,17,18). The zero-order valence-corrected chi connectivity index (χ0v) is 12.2. The number of ether oxygens (including phenoxy) is 1. The monoisotopic (exact) mass is 282 g/mol. The smallest absolute Gasteiger partial charge is 0.412 e. The minimum Gasteiger partial charge on any atom is -0.444 e. The van der Waals surface area contributed by atoms with E-state index < -0.39 is 11.7 Å². The second-order valence-electron chi connectivity index (χ2n) is 5.61. The Balaban J connectivity index is 2.22. The van der Waals surface area contributed by atoms with E-state index in [9.17, 15) is 4.79 Å². The number of halogens is 1. The number of carbonyl (C=O) groups excluding carboxylic acids is 1. The molecule has 1 aromatic rings. The Morgan fingerprint density at radius 1 is 1.42 bits per heavy atom. The third-order valence-electron chi connectivity index (χ3n) is 2.85. The number of fused-ring (bicyclic) bond motifs is 1. The van der Waals surface area contributed by atoms with Crippen LogP contribution < -0.4 is 10.6 Å². The summed E-state index contributed by atoms with van der Waals surface area (Å²) in [5, 5.41) is 6.61. The van der Waals surface area contributed by atoms with E-state index >= 15 is 0 Å². The van der Waals surface area contributed by atoms with Crippen molar-refractivity contribution >= 4 is 23.4 Å². The maximum Gasteiger partial charge on any atom is 0.412 e. The lowest BCUT2D eigenvalue weighted by Gasteiger charge is -2.24. The molecule has 0 saturated heterocycles. The molecule has 104 valence electrons. The molecule has 1 aliphatic heterocycles. The third-order valence-corrected chi connectivity index (χ3v) is 3.17. The Kier molecular flexibility index (Phi) is 4.02. The van der Waals surface area contributed by atoms with Crippen molar-refractivity contribution in [2.24, 2.45) is 0 Å². The van der Waals surface area contributed by atoms with Gasteiger partial charge in [-0.05, 0) is 50.9 Å². The minimum atomic E-state index is -0.521. The van der Waals surface area contributed by atoms with Gasteiger partial charge in [0.15, 0.2) is 0 Å². The zero-order chi connectivity index (χ0) is 14.0. The van der Waals surface area contributed by atoms with Crippen LogP contribution in [0.15, 0.2) is 12.1 Å². The maximum atomic E-state index is 11.9.